The molecule has 1 aliphatic heterocycles. The van der Waals surface area contributed by atoms with Crippen LogP contribution in [0.4, 0.5) is 11.4 Å². The predicted octanol–water partition coefficient (Wildman–Crippen LogP) is 2.18. The Morgan fingerprint density at radius 3 is 2.43 bits per heavy atom. The van der Waals surface area contributed by atoms with Crippen LogP contribution in [0.25, 0.3) is 11.3 Å². The zero-order valence-electron chi connectivity index (χ0n) is 12.4. The van der Waals surface area contributed by atoms with E-state index in [-0.39, 0.29) is 0 Å². The number of aromatic nitrogens is 2. The van der Waals surface area contributed by atoms with Crippen molar-refractivity contribution in [2.24, 2.45) is 7.05 Å². The van der Waals surface area contributed by atoms with Crippen molar-refractivity contribution in [3.8, 4) is 11.3 Å². The van der Waals surface area contributed by atoms with Gasteiger partial charge < -0.3 is 15.5 Å². The smallest absolute Gasteiger partial charge is 0.0822 e. The summed E-state index contributed by atoms with van der Waals surface area (Å²) in [6.07, 6.45) is 1.81. The number of rotatable bonds is 2. The summed E-state index contributed by atoms with van der Waals surface area (Å²) in [5.74, 6) is 0. The summed E-state index contributed by atoms with van der Waals surface area (Å²) in [5, 5.41) is 4.28. The second-order valence-electron chi connectivity index (χ2n) is 5.57. The summed E-state index contributed by atoms with van der Waals surface area (Å²) in [4.78, 5) is 4.74. The van der Waals surface area contributed by atoms with Crippen LogP contribution in [0.1, 0.15) is 0 Å². The summed E-state index contributed by atoms with van der Waals surface area (Å²) < 4.78 is 2.85. The van der Waals surface area contributed by atoms with Crippen LogP contribution in [-0.2, 0) is 7.05 Å². The van der Waals surface area contributed by atoms with Crippen LogP contribution in [0.2, 0.25) is 0 Å². The van der Waals surface area contributed by atoms with E-state index in [0.717, 1.165) is 47.6 Å². The molecule has 21 heavy (non-hydrogen) atoms. The molecule has 0 spiro atoms. The molecule has 0 unspecified atom stereocenters. The maximum absolute atomic E-state index is 6.12. The lowest BCUT2D eigenvalue weighted by Crippen LogP contribution is -2.44. The standard InChI is InChI=1S/C15H20BrN5/c1-19-3-5-21(6-4-19)13-8-11(7-12(17)9-13)15-14(16)10-18-20(15)2/h7-10H,3-6,17H2,1-2H3. The van der Waals surface area contributed by atoms with Gasteiger partial charge in [0.2, 0.25) is 0 Å². The SMILES string of the molecule is CN1CCN(c2cc(N)cc(-c3c(Br)cnn3C)c2)CC1. The third kappa shape index (κ3) is 2.91. The summed E-state index contributed by atoms with van der Waals surface area (Å²) >= 11 is 3.56. The van der Waals surface area contributed by atoms with Crippen molar-refractivity contribution < 1.29 is 0 Å². The summed E-state index contributed by atoms with van der Waals surface area (Å²) in [5.41, 5.74) is 10.2. The van der Waals surface area contributed by atoms with Crippen LogP contribution < -0.4 is 10.6 Å². The second kappa shape index (κ2) is 5.69. The van der Waals surface area contributed by atoms with E-state index in [2.05, 4.69) is 50.0 Å². The highest BCUT2D eigenvalue weighted by Crippen LogP contribution is 2.32. The third-order valence-corrected chi connectivity index (χ3v) is 4.56. The first kappa shape index (κ1) is 14.4. The topological polar surface area (TPSA) is 50.3 Å². The number of aryl methyl sites for hydroxylation is 1. The molecule has 0 saturated carbocycles. The highest BCUT2D eigenvalue weighted by molar-refractivity contribution is 9.10. The monoisotopic (exact) mass is 349 g/mol. The van der Waals surface area contributed by atoms with Crippen LogP contribution in [0.15, 0.2) is 28.9 Å². The van der Waals surface area contributed by atoms with Crippen LogP contribution in [0.3, 0.4) is 0 Å². The minimum absolute atomic E-state index is 0.787. The van der Waals surface area contributed by atoms with Gasteiger partial charge >= 0.3 is 0 Å². The van der Waals surface area contributed by atoms with E-state index >= 15 is 0 Å². The number of nitrogens with zero attached hydrogens (tertiary/aromatic N) is 4. The Kier molecular flexibility index (Phi) is 3.91. The fraction of sp³-hybridized carbons (Fsp3) is 0.400. The Morgan fingerprint density at radius 2 is 1.81 bits per heavy atom. The number of benzene rings is 1. The molecule has 0 radical (unpaired) electrons. The van der Waals surface area contributed by atoms with E-state index in [1.54, 1.807) is 0 Å². The molecule has 1 aromatic carbocycles. The largest absolute Gasteiger partial charge is 0.399 e. The molecule has 1 fully saturated rings. The molecule has 0 atom stereocenters. The average Bonchev–Trinajstić information content (AvgIpc) is 2.78. The van der Waals surface area contributed by atoms with E-state index < -0.39 is 0 Å². The first-order valence-electron chi connectivity index (χ1n) is 7.06. The van der Waals surface area contributed by atoms with Gasteiger partial charge in [0.05, 0.1) is 16.4 Å². The Hall–Kier alpha value is -1.53. The molecular formula is C15H20BrN5. The lowest BCUT2D eigenvalue weighted by molar-refractivity contribution is 0.313. The summed E-state index contributed by atoms with van der Waals surface area (Å²) in [6, 6.07) is 6.25. The van der Waals surface area contributed by atoms with Gasteiger partial charge in [0, 0.05) is 50.2 Å². The van der Waals surface area contributed by atoms with Crippen molar-refractivity contribution in [1.82, 2.24) is 14.7 Å². The van der Waals surface area contributed by atoms with Gasteiger partial charge in [0.1, 0.15) is 0 Å². The predicted molar refractivity (Wildman–Crippen MR) is 90.5 cm³/mol. The van der Waals surface area contributed by atoms with Crippen molar-refractivity contribution in [3.63, 3.8) is 0 Å². The maximum Gasteiger partial charge on any atom is 0.0822 e. The highest BCUT2D eigenvalue weighted by Gasteiger charge is 2.17. The van der Waals surface area contributed by atoms with E-state index in [1.807, 2.05) is 24.0 Å². The van der Waals surface area contributed by atoms with Gasteiger partial charge in [-0.25, -0.2) is 0 Å². The Bertz CT molecular complexity index is 624. The normalized spacial score (nSPS) is 16.4. The molecule has 0 amide bonds. The number of anilines is 2. The minimum atomic E-state index is 0.787. The molecule has 3 rings (SSSR count). The van der Waals surface area contributed by atoms with Crippen molar-refractivity contribution in [2.45, 2.75) is 0 Å². The summed E-state index contributed by atoms with van der Waals surface area (Å²) in [7, 11) is 4.10. The van der Waals surface area contributed by atoms with E-state index in [4.69, 9.17) is 5.73 Å². The third-order valence-electron chi connectivity index (χ3n) is 3.98. The van der Waals surface area contributed by atoms with E-state index in [0.29, 0.717) is 0 Å². The zero-order valence-corrected chi connectivity index (χ0v) is 14.0. The first-order valence-corrected chi connectivity index (χ1v) is 7.86. The zero-order chi connectivity index (χ0) is 15.0. The van der Waals surface area contributed by atoms with Crippen molar-refractivity contribution in [2.75, 3.05) is 43.9 Å². The van der Waals surface area contributed by atoms with Crippen LogP contribution in [0, 0.1) is 0 Å². The molecule has 2 N–H and O–H groups in total. The molecule has 1 aromatic heterocycles. The summed E-state index contributed by atoms with van der Waals surface area (Å²) in [6.45, 7) is 4.23. The van der Waals surface area contributed by atoms with Gasteiger partial charge in [-0.15, -0.1) is 0 Å². The maximum atomic E-state index is 6.12. The lowest BCUT2D eigenvalue weighted by atomic mass is 10.1. The van der Waals surface area contributed by atoms with Crippen LogP contribution in [0.5, 0.6) is 0 Å². The molecule has 112 valence electrons. The molecule has 5 nitrogen and oxygen atoms in total. The number of hydrogen-bond donors (Lipinski definition) is 1. The molecule has 6 heteroatoms. The molecule has 2 heterocycles. The van der Waals surface area contributed by atoms with Gasteiger partial charge in [-0.3, -0.25) is 4.68 Å². The van der Waals surface area contributed by atoms with Crippen molar-refractivity contribution >= 4 is 27.3 Å². The van der Waals surface area contributed by atoms with E-state index in [9.17, 15) is 0 Å². The number of nitrogens with two attached hydrogens (primary N) is 1. The molecule has 2 aromatic rings. The lowest BCUT2D eigenvalue weighted by Gasteiger charge is -2.34. The Labute approximate surface area is 133 Å². The fourth-order valence-electron chi connectivity index (χ4n) is 2.75. The number of likely N-dealkylation sites (N-methyl/N-ethyl adjacent to an activating group) is 1. The first-order chi connectivity index (χ1) is 10.0. The fourth-order valence-corrected chi connectivity index (χ4v) is 3.33. The number of piperazine rings is 1. The van der Waals surface area contributed by atoms with Crippen LogP contribution >= 0.6 is 15.9 Å². The average molecular weight is 350 g/mol. The van der Waals surface area contributed by atoms with Crippen LogP contribution in [-0.4, -0.2) is 47.9 Å². The Morgan fingerprint density at radius 1 is 1.10 bits per heavy atom. The number of hydrogen-bond acceptors (Lipinski definition) is 4. The van der Waals surface area contributed by atoms with Gasteiger partial charge in [-0.2, -0.15) is 5.10 Å². The minimum Gasteiger partial charge on any atom is -0.399 e. The van der Waals surface area contributed by atoms with Crippen molar-refractivity contribution in [3.05, 3.63) is 28.9 Å². The van der Waals surface area contributed by atoms with E-state index in [1.165, 1.54) is 5.69 Å². The van der Waals surface area contributed by atoms with Gasteiger partial charge in [0.15, 0.2) is 0 Å². The Balaban J connectivity index is 1.97. The van der Waals surface area contributed by atoms with Gasteiger partial charge in [0.25, 0.3) is 0 Å². The molecular weight excluding hydrogens is 330 g/mol. The van der Waals surface area contributed by atoms with Gasteiger partial charge in [-0.1, -0.05) is 0 Å². The van der Waals surface area contributed by atoms with Crippen molar-refractivity contribution in [1.29, 1.82) is 0 Å². The second-order valence-corrected chi connectivity index (χ2v) is 6.42. The molecule has 0 bridgehead atoms. The number of nitrogen functional groups attached to an aromatic ring is 1. The molecule has 1 aliphatic rings. The van der Waals surface area contributed by atoms with Gasteiger partial charge in [-0.05, 0) is 41.2 Å². The molecule has 0 aliphatic carbocycles. The highest BCUT2D eigenvalue weighted by atomic mass is 79.9. The molecule has 1 saturated heterocycles. The quantitative estimate of drug-likeness (QED) is 0.844. The number of halogens is 1.